The molecule has 0 aliphatic carbocycles. The summed E-state index contributed by atoms with van der Waals surface area (Å²) in [6.07, 6.45) is 7.34. The number of nitrogens with one attached hydrogen (secondary N) is 1. The zero-order valence-electron chi connectivity index (χ0n) is 11.6. The molecule has 2 heterocycles. The van der Waals surface area contributed by atoms with Gasteiger partial charge in [0, 0.05) is 25.8 Å². The van der Waals surface area contributed by atoms with Crippen molar-refractivity contribution in [3.05, 3.63) is 11.9 Å². The molecule has 0 spiro atoms. The standard InChI is InChI=1S/C13H25N5O/c19-10-9-18-12-13(15-16-18)11-14-5-8-17-6-3-1-2-4-7-17/h12,14,19H,1-11H2. The third-order valence-electron chi connectivity index (χ3n) is 3.52. The molecule has 2 N–H and O–H groups in total. The topological polar surface area (TPSA) is 66.2 Å². The predicted octanol–water partition coefficient (Wildman–Crippen LogP) is 0.236. The van der Waals surface area contributed by atoms with Crippen molar-refractivity contribution >= 4 is 0 Å². The van der Waals surface area contributed by atoms with Crippen LogP contribution < -0.4 is 5.32 Å². The van der Waals surface area contributed by atoms with Crippen LogP contribution >= 0.6 is 0 Å². The van der Waals surface area contributed by atoms with E-state index >= 15 is 0 Å². The molecule has 0 unspecified atom stereocenters. The van der Waals surface area contributed by atoms with Gasteiger partial charge in [-0.05, 0) is 25.9 Å². The Bertz CT molecular complexity index is 347. The number of likely N-dealkylation sites (tertiary alicyclic amines) is 1. The summed E-state index contributed by atoms with van der Waals surface area (Å²) < 4.78 is 1.67. The van der Waals surface area contributed by atoms with E-state index in [1.165, 1.54) is 38.8 Å². The van der Waals surface area contributed by atoms with E-state index in [0.717, 1.165) is 25.3 Å². The molecule has 6 nitrogen and oxygen atoms in total. The van der Waals surface area contributed by atoms with Gasteiger partial charge in [0.1, 0.15) is 0 Å². The third kappa shape index (κ3) is 5.26. The van der Waals surface area contributed by atoms with Crippen molar-refractivity contribution in [3.8, 4) is 0 Å². The Hall–Kier alpha value is -0.980. The molecule has 19 heavy (non-hydrogen) atoms. The molecule has 0 aromatic carbocycles. The second kappa shape index (κ2) is 8.24. The summed E-state index contributed by atoms with van der Waals surface area (Å²) in [5.41, 5.74) is 0.935. The van der Waals surface area contributed by atoms with E-state index in [1.807, 2.05) is 6.20 Å². The maximum absolute atomic E-state index is 8.80. The van der Waals surface area contributed by atoms with Gasteiger partial charge in [0.25, 0.3) is 0 Å². The van der Waals surface area contributed by atoms with Gasteiger partial charge in [-0.1, -0.05) is 18.1 Å². The van der Waals surface area contributed by atoms with Gasteiger partial charge in [-0.3, -0.25) is 0 Å². The molecule has 108 valence electrons. The molecule has 1 aromatic rings. The fourth-order valence-electron chi connectivity index (χ4n) is 2.44. The fourth-order valence-corrected chi connectivity index (χ4v) is 2.44. The van der Waals surface area contributed by atoms with Crippen molar-refractivity contribution < 1.29 is 5.11 Å². The largest absolute Gasteiger partial charge is 0.394 e. The molecule has 0 saturated carbocycles. The fraction of sp³-hybridized carbons (Fsp3) is 0.846. The Morgan fingerprint density at radius 3 is 2.68 bits per heavy atom. The van der Waals surface area contributed by atoms with Crippen LogP contribution in [0.3, 0.4) is 0 Å². The van der Waals surface area contributed by atoms with Gasteiger partial charge in [0.2, 0.25) is 0 Å². The Kier molecular flexibility index (Phi) is 6.26. The number of hydrogen-bond donors (Lipinski definition) is 2. The van der Waals surface area contributed by atoms with E-state index in [0.29, 0.717) is 6.54 Å². The molecule has 1 fully saturated rings. The molecule has 0 amide bonds. The van der Waals surface area contributed by atoms with Crippen LogP contribution in [-0.2, 0) is 13.1 Å². The van der Waals surface area contributed by atoms with Gasteiger partial charge < -0.3 is 15.3 Å². The van der Waals surface area contributed by atoms with Gasteiger partial charge in [-0.15, -0.1) is 5.10 Å². The first-order valence-electron chi connectivity index (χ1n) is 7.31. The Labute approximate surface area is 114 Å². The highest BCUT2D eigenvalue weighted by Gasteiger charge is 2.08. The Balaban J connectivity index is 1.60. The van der Waals surface area contributed by atoms with Crippen LogP contribution in [0.15, 0.2) is 6.20 Å². The number of rotatable bonds is 7. The summed E-state index contributed by atoms with van der Waals surface area (Å²) in [4.78, 5) is 2.54. The van der Waals surface area contributed by atoms with Crippen LogP contribution in [0, 0.1) is 0 Å². The first-order chi connectivity index (χ1) is 9.38. The van der Waals surface area contributed by atoms with E-state index in [2.05, 4.69) is 20.5 Å². The van der Waals surface area contributed by atoms with Gasteiger partial charge in [-0.25, -0.2) is 4.68 Å². The molecule has 0 bridgehead atoms. The molecular weight excluding hydrogens is 242 g/mol. The van der Waals surface area contributed by atoms with Crippen molar-refractivity contribution in [2.45, 2.75) is 38.8 Å². The zero-order chi connectivity index (χ0) is 13.3. The van der Waals surface area contributed by atoms with Crippen LogP contribution in [0.5, 0.6) is 0 Å². The summed E-state index contributed by atoms with van der Waals surface area (Å²) in [5.74, 6) is 0. The molecule has 1 aliphatic rings. The van der Waals surface area contributed by atoms with Crippen LogP contribution in [-0.4, -0.2) is 57.8 Å². The van der Waals surface area contributed by atoms with E-state index < -0.39 is 0 Å². The van der Waals surface area contributed by atoms with Crippen molar-refractivity contribution in [3.63, 3.8) is 0 Å². The van der Waals surface area contributed by atoms with Gasteiger partial charge in [0.05, 0.1) is 18.8 Å². The first kappa shape index (κ1) is 14.4. The molecule has 2 rings (SSSR count). The summed E-state index contributed by atoms with van der Waals surface area (Å²) >= 11 is 0. The van der Waals surface area contributed by atoms with E-state index in [1.54, 1.807) is 4.68 Å². The van der Waals surface area contributed by atoms with Gasteiger partial charge in [0.15, 0.2) is 0 Å². The second-order valence-electron chi connectivity index (χ2n) is 5.13. The number of nitrogens with zero attached hydrogens (tertiary/aromatic N) is 4. The lowest BCUT2D eigenvalue weighted by Crippen LogP contribution is -2.32. The maximum Gasteiger partial charge on any atom is 0.0964 e. The Morgan fingerprint density at radius 1 is 1.16 bits per heavy atom. The van der Waals surface area contributed by atoms with Crippen molar-refractivity contribution in [2.75, 3.05) is 32.8 Å². The lowest BCUT2D eigenvalue weighted by molar-refractivity contribution is 0.268. The quantitative estimate of drug-likeness (QED) is 0.693. The van der Waals surface area contributed by atoms with Crippen LogP contribution in [0.1, 0.15) is 31.4 Å². The second-order valence-corrected chi connectivity index (χ2v) is 5.13. The predicted molar refractivity (Wildman–Crippen MR) is 73.7 cm³/mol. The minimum Gasteiger partial charge on any atom is -0.394 e. The highest BCUT2D eigenvalue weighted by molar-refractivity contribution is 4.91. The highest BCUT2D eigenvalue weighted by atomic mass is 16.3. The molecule has 1 aliphatic heterocycles. The molecule has 0 radical (unpaired) electrons. The van der Waals surface area contributed by atoms with Crippen LogP contribution in [0.4, 0.5) is 0 Å². The minimum absolute atomic E-state index is 0.102. The number of aliphatic hydroxyl groups excluding tert-OH is 1. The normalized spacial score (nSPS) is 17.5. The summed E-state index contributed by atoms with van der Waals surface area (Å²) in [5, 5.41) is 20.2. The number of aliphatic hydroxyl groups is 1. The molecule has 0 atom stereocenters. The van der Waals surface area contributed by atoms with E-state index in [4.69, 9.17) is 5.11 Å². The average Bonchev–Trinajstić information content (AvgIpc) is 2.70. The van der Waals surface area contributed by atoms with Crippen LogP contribution in [0.25, 0.3) is 0 Å². The smallest absolute Gasteiger partial charge is 0.0964 e. The highest BCUT2D eigenvalue weighted by Crippen LogP contribution is 2.08. The van der Waals surface area contributed by atoms with E-state index in [-0.39, 0.29) is 6.61 Å². The number of hydrogen-bond acceptors (Lipinski definition) is 5. The number of aromatic nitrogens is 3. The first-order valence-corrected chi connectivity index (χ1v) is 7.31. The molecule has 6 heteroatoms. The minimum atomic E-state index is 0.102. The SMILES string of the molecule is OCCn1cc(CNCCN2CCCCCC2)nn1. The van der Waals surface area contributed by atoms with Crippen LogP contribution in [0.2, 0.25) is 0 Å². The third-order valence-corrected chi connectivity index (χ3v) is 3.52. The van der Waals surface area contributed by atoms with Gasteiger partial charge in [-0.2, -0.15) is 0 Å². The Morgan fingerprint density at radius 2 is 1.95 bits per heavy atom. The van der Waals surface area contributed by atoms with Crippen molar-refractivity contribution in [2.24, 2.45) is 0 Å². The molecule has 1 aromatic heterocycles. The summed E-state index contributed by atoms with van der Waals surface area (Å²) in [6, 6.07) is 0. The van der Waals surface area contributed by atoms with E-state index in [9.17, 15) is 0 Å². The molecular formula is C13H25N5O. The average molecular weight is 267 g/mol. The van der Waals surface area contributed by atoms with Crippen molar-refractivity contribution in [1.29, 1.82) is 0 Å². The van der Waals surface area contributed by atoms with Gasteiger partial charge >= 0.3 is 0 Å². The maximum atomic E-state index is 8.80. The molecule has 1 saturated heterocycles. The lowest BCUT2D eigenvalue weighted by Gasteiger charge is -2.19. The monoisotopic (exact) mass is 267 g/mol. The van der Waals surface area contributed by atoms with Crippen molar-refractivity contribution in [1.82, 2.24) is 25.2 Å². The summed E-state index contributed by atoms with van der Waals surface area (Å²) in [6.45, 7) is 5.96. The zero-order valence-corrected chi connectivity index (χ0v) is 11.6. The summed E-state index contributed by atoms with van der Waals surface area (Å²) in [7, 11) is 0. The lowest BCUT2D eigenvalue weighted by atomic mass is 10.2.